The molecule has 0 aliphatic heterocycles. The molecule has 0 fully saturated rings. The lowest BCUT2D eigenvalue weighted by Crippen LogP contribution is -2.13. The highest BCUT2D eigenvalue weighted by molar-refractivity contribution is 7.87. The van der Waals surface area contributed by atoms with Crippen molar-refractivity contribution in [2.45, 2.75) is 10.8 Å². The average molecular weight is 342 g/mol. The Morgan fingerprint density at radius 2 is 1.88 bits per heavy atom. The Hall–Kier alpha value is -2.86. The van der Waals surface area contributed by atoms with Crippen molar-refractivity contribution in [3.63, 3.8) is 0 Å². The number of carboxylic acids is 1. The van der Waals surface area contributed by atoms with Crippen LogP contribution < -0.4 is 4.18 Å². The first kappa shape index (κ1) is 16.0. The van der Waals surface area contributed by atoms with E-state index in [0.717, 1.165) is 5.56 Å². The van der Waals surface area contributed by atoms with E-state index in [1.54, 1.807) is 24.3 Å². The molecule has 6 heteroatoms. The minimum atomic E-state index is -4.08. The Bertz CT molecular complexity index is 940. The molecule has 1 aliphatic carbocycles. The molecule has 1 unspecified atom stereocenters. The van der Waals surface area contributed by atoms with E-state index in [4.69, 9.17) is 4.18 Å². The smallest absolute Gasteiger partial charge is 0.339 e. The van der Waals surface area contributed by atoms with E-state index in [2.05, 4.69) is 6.58 Å². The lowest BCUT2D eigenvalue weighted by atomic mass is 10.0. The van der Waals surface area contributed by atoms with Crippen LogP contribution in [0.25, 0.3) is 12.2 Å². The number of carbonyl (C=O) groups is 1. The van der Waals surface area contributed by atoms with E-state index < -0.39 is 22.0 Å². The van der Waals surface area contributed by atoms with E-state index in [0.29, 0.717) is 11.1 Å². The Labute approximate surface area is 139 Å². The van der Waals surface area contributed by atoms with Crippen molar-refractivity contribution in [3.05, 3.63) is 71.8 Å². The molecule has 0 radical (unpaired) electrons. The molecule has 5 nitrogen and oxygen atoms in total. The third-order valence-electron chi connectivity index (χ3n) is 3.75. The first-order valence-corrected chi connectivity index (χ1v) is 8.54. The summed E-state index contributed by atoms with van der Waals surface area (Å²) in [6, 6.07) is 11.0. The molecule has 3 rings (SSSR count). The van der Waals surface area contributed by atoms with Crippen molar-refractivity contribution in [3.8, 4) is 5.75 Å². The zero-order chi connectivity index (χ0) is 17.3. The molecule has 0 aromatic heterocycles. The summed E-state index contributed by atoms with van der Waals surface area (Å²) in [4.78, 5) is 11.2. The first-order valence-electron chi connectivity index (χ1n) is 7.13. The summed E-state index contributed by atoms with van der Waals surface area (Å²) in [5.74, 6) is -1.70. The summed E-state index contributed by atoms with van der Waals surface area (Å²) in [7, 11) is -4.08. The predicted molar refractivity (Wildman–Crippen MR) is 90.2 cm³/mol. The van der Waals surface area contributed by atoms with Crippen molar-refractivity contribution in [2.24, 2.45) is 0 Å². The normalized spacial score (nSPS) is 15.8. The number of aliphatic carboxylic acids is 1. The lowest BCUT2D eigenvalue weighted by molar-refractivity contribution is -0.137. The zero-order valence-corrected chi connectivity index (χ0v) is 13.4. The maximum atomic E-state index is 12.6. The van der Waals surface area contributed by atoms with Gasteiger partial charge in [-0.15, -0.1) is 0 Å². The number of hydrogen-bond donors (Lipinski definition) is 1. The monoisotopic (exact) mass is 342 g/mol. The van der Waals surface area contributed by atoms with Crippen LogP contribution in [-0.4, -0.2) is 19.5 Å². The van der Waals surface area contributed by atoms with E-state index in [1.165, 1.54) is 36.4 Å². The molecule has 24 heavy (non-hydrogen) atoms. The molecule has 0 bridgehead atoms. The maximum absolute atomic E-state index is 12.6. The van der Waals surface area contributed by atoms with Crippen LogP contribution in [0.15, 0.2) is 60.0 Å². The first-order chi connectivity index (χ1) is 11.4. The number of fused-ring (bicyclic) bond motifs is 1. The van der Waals surface area contributed by atoms with Gasteiger partial charge >= 0.3 is 16.1 Å². The van der Waals surface area contributed by atoms with Crippen molar-refractivity contribution in [2.75, 3.05) is 0 Å². The highest BCUT2D eigenvalue weighted by atomic mass is 32.2. The molecule has 0 heterocycles. The molecule has 1 atom stereocenters. The molecule has 0 spiro atoms. The van der Waals surface area contributed by atoms with Crippen LogP contribution in [0.5, 0.6) is 5.75 Å². The summed E-state index contributed by atoms with van der Waals surface area (Å²) >= 11 is 0. The third-order valence-corrected chi connectivity index (χ3v) is 5.05. The average Bonchev–Trinajstić information content (AvgIpc) is 2.99. The molecule has 0 saturated carbocycles. The van der Waals surface area contributed by atoms with Gasteiger partial charge in [0, 0.05) is 5.56 Å². The van der Waals surface area contributed by atoms with E-state index in [1.807, 2.05) is 0 Å². The van der Waals surface area contributed by atoms with E-state index in [-0.39, 0.29) is 10.6 Å². The maximum Gasteiger partial charge on any atom is 0.339 e. The second kappa shape index (κ2) is 5.98. The van der Waals surface area contributed by atoms with Crippen LogP contribution in [0.4, 0.5) is 0 Å². The summed E-state index contributed by atoms with van der Waals surface area (Å²) in [5, 5.41) is 9.20. The molecule has 2 aromatic carbocycles. The van der Waals surface area contributed by atoms with Crippen LogP contribution in [0, 0.1) is 0 Å². The van der Waals surface area contributed by atoms with Gasteiger partial charge < -0.3 is 9.29 Å². The molecule has 1 N–H and O–H groups in total. The van der Waals surface area contributed by atoms with Gasteiger partial charge in [0.25, 0.3) is 0 Å². The Morgan fingerprint density at radius 3 is 2.50 bits per heavy atom. The molecule has 0 saturated heterocycles. The van der Waals surface area contributed by atoms with Crippen LogP contribution in [-0.2, 0) is 14.9 Å². The lowest BCUT2D eigenvalue weighted by Gasteiger charge is -2.12. The fourth-order valence-corrected chi connectivity index (χ4v) is 3.73. The predicted octanol–water partition coefficient (Wildman–Crippen LogP) is 3.29. The molecule has 122 valence electrons. The van der Waals surface area contributed by atoms with Gasteiger partial charge in [0.15, 0.2) is 0 Å². The largest absolute Gasteiger partial charge is 0.481 e. The van der Waals surface area contributed by atoms with E-state index in [9.17, 15) is 18.3 Å². The van der Waals surface area contributed by atoms with Crippen molar-refractivity contribution < 1.29 is 22.5 Å². The molecule has 1 aliphatic rings. The van der Waals surface area contributed by atoms with Crippen LogP contribution >= 0.6 is 0 Å². The highest BCUT2D eigenvalue weighted by Gasteiger charge is 2.30. The van der Waals surface area contributed by atoms with Crippen molar-refractivity contribution in [1.82, 2.24) is 0 Å². The molecular formula is C18H14O5S. The Balaban J connectivity index is 1.98. The standard InChI is InChI=1S/C18H14O5S/c1-2-12-6-8-13(9-7-12)23-24(21,22)17-5-3-4-14-15(17)10-11-16(14)18(19)20/h2-11,16H,1H2,(H,19,20). The summed E-state index contributed by atoms with van der Waals surface area (Å²) in [5.41, 5.74) is 1.63. The van der Waals surface area contributed by atoms with Crippen LogP contribution in [0.1, 0.15) is 22.6 Å². The molecular weight excluding hydrogens is 328 g/mol. The van der Waals surface area contributed by atoms with Gasteiger partial charge in [-0.3, -0.25) is 4.79 Å². The third kappa shape index (κ3) is 2.83. The van der Waals surface area contributed by atoms with Gasteiger partial charge in [-0.1, -0.05) is 49.1 Å². The van der Waals surface area contributed by atoms with Gasteiger partial charge in [-0.05, 0) is 29.3 Å². The fourth-order valence-electron chi connectivity index (χ4n) is 2.57. The van der Waals surface area contributed by atoms with Crippen molar-refractivity contribution in [1.29, 1.82) is 0 Å². The van der Waals surface area contributed by atoms with Crippen LogP contribution in [0.2, 0.25) is 0 Å². The van der Waals surface area contributed by atoms with Gasteiger partial charge in [-0.25, -0.2) is 0 Å². The molecule has 0 amide bonds. The number of carboxylic acid groups (broad SMARTS) is 1. The van der Waals surface area contributed by atoms with Gasteiger partial charge in [0.1, 0.15) is 16.6 Å². The highest BCUT2D eigenvalue weighted by Crippen LogP contribution is 2.35. The summed E-state index contributed by atoms with van der Waals surface area (Å²) < 4.78 is 30.3. The fraction of sp³-hybridized carbons (Fsp3) is 0.0556. The minimum Gasteiger partial charge on any atom is -0.481 e. The van der Waals surface area contributed by atoms with Gasteiger partial charge in [0.2, 0.25) is 0 Å². The Morgan fingerprint density at radius 1 is 1.17 bits per heavy atom. The van der Waals surface area contributed by atoms with Gasteiger partial charge in [-0.2, -0.15) is 8.42 Å². The number of benzene rings is 2. The number of hydrogen-bond acceptors (Lipinski definition) is 4. The SMILES string of the molecule is C=Cc1ccc(OS(=O)(=O)c2cccc3c2C=CC3C(=O)O)cc1. The molecule has 2 aromatic rings. The van der Waals surface area contributed by atoms with Gasteiger partial charge in [0.05, 0.1) is 0 Å². The topological polar surface area (TPSA) is 80.7 Å². The van der Waals surface area contributed by atoms with Crippen molar-refractivity contribution >= 4 is 28.2 Å². The second-order valence-corrected chi connectivity index (χ2v) is 6.76. The summed E-state index contributed by atoms with van der Waals surface area (Å²) in [6.07, 6.45) is 4.61. The second-order valence-electron chi connectivity index (χ2n) is 5.24. The quantitative estimate of drug-likeness (QED) is 0.843. The Kier molecular flexibility index (Phi) is 3.99. The minimum absolute atomic E-state index is 0.0483. The van der Waals surface area contributed by atoms with Crippen LogP contribution in [0.3, 0.4) is 0 Å². The summed E-state index contributed by atoms with van der Waals surface area (Å²) in [6.45, 7) is 3.63. The zero-order valence-electron chi connectivity index (χ0n) is 12.5. The van der Waals surface area contributed by atoms with E-state index >= 15 is 0 Å². The number of rotatable bonds is 5.